The molecule has 2 fully saturated rings. The Bertz CT molecular complexity index is 627. The predicted octanol–water partition coefficient (Wildman–Crippen LogP) is 3.58. The number of benzene rings is 1. The highest BCUT2D eigenvalue weighted by Crippen LogP contribution is 2.43. The first-order valence-electron chi connectivity index (χ1n) is 8.64. The maximum absolute atomic E-state index is 13.0. The monoisotopic (exact) mass is 349 g/mol. The molecule has 1 aromatic carbocycles. The molecule has 1 atom stereocenters. The first-order valence-corrected chi connectivity index (χ1v) is 9.02. The largest absolute Gasteiger partial charge is 0.384 e. The summed E-state index contributed by atoms with van der Waals surface area (Å²) >= 11 is 6.00. The zero-order valence-electron chi connectivity index (χ0n) is 14.1. The fourth-order valence-electron chi connectivity index (χ4n) is 3.89. The molecular weight excluding hydrogens is 326 g/mol. The molecule has 1 amide bonds. The third kappa shape index (κ3) is 3.35. The molecule has 1 heterocycles. The molecule has 0 bridgehead atoms. The molecule has 24 heavy (non-hydrogen) atoms. The number of halogens is 1. The van der Waals surface area contributed by atoms with Crippen molar-refractivity contribution in [1.29, 1.82) is 0 Å². The second kappa shape index (κ2) is 7.24. The highest BCUT2D eigenvalue weighted by Gasteiger charge is 2.47. The Balaban J connectivity index is 1.70. The van der Waals surface area contributed by atoms with Crippen LogP contribution in [0.15, 0.2) is 24.3 Å². The van der Waals surface area contributed by atoms with Crippen molar-refractivity contribution in [3.8, 4) is 0 Å². The van der Waals surface area contributed by atoms with Crippen LogP contribution in [0.1, 0.15) is 42.5 Å². The lowest BCUT2D eigenvalue weighted by molar-refractivity contribution is -0.153. The smallest absolute Gasteiger partial charge is 0.231 e. The minimum Gasteiger partial charge on any atom is -0.384 e. The van der Waals surface area contributed by atoms with Crippen molar-refractivity contribution in [3.05, 3.63) is 34.9 Å². The van der Waals surface area contributed by atoms with E-state index in [4.69, 9.17) is 16.3 Å². The van der Waals surface area contributed by atoms with Gasteiger partial charge in [0.15, 0.2) is 5.78 Å². The number of rotatable bonds is 5. The third-order valence-electron chi connectivity index (χ3n) is 5.37. The number of likely N-dealkylation sites (tertiary alicyclic amines) is 1. The molecule has 0 unspecified atom stereocenters. The van der Waals surface area contributed by atoms with Crippen LogP contribution in [0.25, 0.3) is 0 Å². The number of carbonyl (C=O) groups is 2. The number of amides is 1. The van der Waals surface area contributed by atoms with Crippen LogP contribution in [0.2, 0.25) is 5.02 Å². The topological polar surface area (TPSA) is 46.6 Å². The number of ether oxygens (including phenoxy) is 1. The molecular formula is C19H24ClNO3. The first kappa shape index (κ1) is 17.4. The van der Waals surface area contributed by atoms with Gasteiger partial charge in [0.2, 0.25) is 5.91 Å². The maximum Gasteiger partial charge on any atom is 0.231 e. The lowest BCUT2D eigenvalue weighted by Crippen LogP contribution is -2.53. The Morgan fingerprint density at radius 3 is 2.75 bits per heavy atom. The van der Waals surface area contributed by atoms with Crippen molar-refractivity contribution in [2.75, 3.05) is 26.8 Å². The van der Waals surface area contributed by atoms with E-state index < -0.39 is 0 Å². The van der Waals surface area contributed by atoms with E-state index in [2.05, 4.69) is 0 Å². The molecule has 0 spiro atoms. The normalized spacial score (nSPS) is 22.8. The number of carbonyl (C=O) groups excluding carboxylic acids is 2. The summed E-state index contributed by atoms with van der Waals surface area (Å²) in [6.45, 7) is 1.73. The number of piperidine rings is 1. The Labute approximate surface area is 148 Å². The van der Waals surface area contributed by atoms with Crippen LogP contribution in [-0.4, -0.2) is 43.4 Å². The van der Waals surface area contributed by atoms with Crippen molar-refractivity contribution in [1.82, 2.24) is 4.90 Å². The number of hydrogen-bond acceptors (Lipinski definition) is 3. The summed E-state index contributed by atoms with van der Waals surface area (Å²) in [6.07, 6.45) is 4.55. The molecule has 0 N–H and O–H groups in total. The molecule has 130 valence electrons. The van der Waals surface area contributed by atoms with Gasteiger partial charge >= 0.3 is 0 Å². The van der Waals surface area contributed by atoms with Crippen LogP contribution in [0.5, 0.6) is 0 Å². The van der Waals surface area contributed by atoms with Crippen LogP contribution in [-0.2, 0) is 9.53 Å². The maximum atomic E-state index is 13.0. The average molecular weight is 350 g/mol. The molecule has 2 aliphatic rings. The molecule has 1 saturated carbocycles. The van der Waals surface area contributed by atoms with E-state index in [0.29, 0.717) is 23.7 Å². The SMILES string of the molecule is COCC1(C(=O)N2CCC[C@@H](C(=O)c3cccc(Cl)c3)C2)CCC1. The fourth-order valence-corrected chi connectivity index (χ4v) is 4.08. The van der Waals surface area contributed by atoms with E-state index >= 15 is 0 Å². The van der Waals surface area contributed by atoms with Gasteiger partial charge in [-0.2, -0.15) is 0 Å². The number of methoxy groups -OCH3 is 1. The molecule has 5 heteroatoms. The highest BCUT2D eigenvalue weighted by molar-refractivity contribution is 6.31. The minimum atomic E-state index is -0.351. The van der Waals surface area contributed by atoms with Crippen LogP contribution in [0.4, 0.5) is 0 Å². The van der Waals surface area contributed by atoms with Gasteiger partial charge in [0, 0.05) is 36.7 Å². The Kier molecular flexibility index (Phi) is 5.26. The van der Waals surface area contributed by atoms with E-state index in [1.165, 1.54) is 0 Å². The molecule has 3 rings (SSSR count). The van der Waals surface area contributed by atoms with Gasteiger partial charge in [0.25, 0.3) is 0 Å². The predicted molar refractivity (Wildman–Crippen MR) is 93.2 cm³/mol. The average Bonchev–Trinajstić information content (AvgIpc) is 2.57. The summed E-state index contributed by atoms with van der Waals surface area (Å²) < 4.78 is 5.29. The Morgan fingerprint density at radius 2 is 2.12 bits per heavy atom. The number of ketones is 1. The van der Waals surface area contributed by atoms with Gasteiger partial charge in [0.1, 0.15) is 0 Å². The summed E-state index contributed by atoms with van der Waals surface area (Å²) in [5.41, 5.74) is 0.285. The first-order chi connectivity index (χ1) is 11.6. The molecule has 1 aliphatic carbocycles. The van der Waals surface area contributed by atoms with Crippen LogP contribution < -0.4 is 0 Å². The minimum absolute atomic E-state index is 0.0874. The number of nitrogens with zero attached hydrogens (tertiary/aromatic N) is 1. The van der Waals surface area contributed by atoms with Crippen LogP contribution in [0.3, 0.4) is 0 Å². The third-order valence-corrected chi connectivity index (χ3v) is 5.61. The Morgan fingerprint density at radius 1 is 1.33 bits per heavy atom. The summed E-state index contributed by atoms with van der Waals surface area (Å²) in [4.78, 5) is 27.6. The van der Waals surface area contributed by atoms with Crippen LogP contribution in [0, 0.1) is 11.3 Å². The van der Waals surface area contributed by atoms with Gasteiger partial charge in [-0.1, -0.05) is 30.2 Å². The highest BCUT2D eigenvalue weighted by atomic mass is 35.5. The van der Waals surface area contributed by atoms with Crippen molar-refractivity contribution in [2.45, 2.75) is 32.1 Å². The zero-order valence-corrected chi connectivity index (χ0v) is 14.8. The molecule has 0 aromatic heterocycles. The molecule has 1 saturated heterocycles. The van der Waals surface area contributed by atoms with Gasteiger partial charge in [-0.05, 0) is 37.8 Å². The second-order valence-electron chi connectivity index (χ2n) is 7.03. The quantitative estimate of drug-likeness (QED) is 0.763. The van der Waals surface area contributed by atoms with Gasteiger partial charge in [-0.3, -0.25) is 9.59 Å². The number of Topliss-reactive ketones (excluding diaryl/α,β-unsaturated/α-hetero) is 1. The van der Waals surface area contributed by atoms with E-state index in [1.807, 2.05) is 4.90 Å². The van der Waals surface area contributed by atoms with E-state index in [9.17, 15) is 9.59 Å². The summed E-state index contributed by atoms with van der Waals surface area (Å²) in [7, 11) is 1.65. The fraction of sp³-hybridized carbons (Fsp3) is 0.579. The summed E-state index contributed by atoms with van der Waals surface area (Å²) in [6, 6.07) is 7.07. The van der Waals surface area contributed by atoms with Crippen molar-refractivity contribution in [3.63, 3.8) is 0 Å². The van der Waals surface area contributed by atoms with Gasteiger partial charge in [-0.15, -0.1) is 0 Å². The summed E-state index contributed by atoms with van der Waals surface area (Å²) in [5.74, 6) is 0.115. The summed E-state index contributed by atoms with van der Waals surface area (Å²) in [5, 5.41) is 0.568. The van der Waals surface area contributed by atoms with Crippen molar-refractivity contribution >= 4 is 23.3 Å². The number of hydrogen-bond donors (Lipinski definition) is 0. The molecule has 0 radical (unpaired) electrons. The van der Waals surface area contributed by atoms with Gasteiger partial charge in [0.05, 0.1) is 12.0 Å². The zero-order chi connectivity index (χ0) is 17.2. The molecule has 1 aromatic rings. The standard InChI is InChI=1S/C19H24ClNO3/c1-24-13-19(8-4-9-19)18(23)21-10-3-6-15(12-21)17(22)14-5-2-7-16(20)11-14/h2,5,7,11,15H,3-4,6,8-10,12-13H2,1H3/t15-/m1/s1. The lowest BCUT2D eigenvalue weighted by atomic mass is 9.68. The van der Waals surface area contributed by atoms with E-state index in [-0.39, 0.29) is 23.0 Å². The van der Waals surface area contributed by atoms with Crippen molar-refractivity contribution in [2.24, 2.45) is 11.3 Å². The van der Waals surface area contributed by atoms with Crippen LogP contribution >= 0.6 is 11.6 Å². The van der Waals surface area contributed by atoms with Gasteiger partial charge < -0.3 is 9.64 Å². The molecule has 1 aliphatic heterocycles. The second-order valence-corrected chi connectivity index (χ2v) is 7.47. The van der Waals surface area contributed by atoms with E-state index in [0.717, 1.165) is 38.6 Å². The van der Waals surface area contributed by atoms with E-state index in [1.54, 1.807) is 31.4 Å². The molecule has 4 nitrogen and oxygen atoms in total. The lowest BCUT2D eigenvalue weighted by Gasteiger charge is -2.45. The Hall–Kier alpha value is -1.39. The van der Waals surface area contributed by atoms with Crippen molar-refractivity contribution < 1.29 is 14.3 Å². The van der Waals surface area contributed by atoms with Gasteiger partial charge in [-0.25, -0.2) is 0 Å².